The van der Waals surface area contributed by atoms with Gasteiger partial charge in [-0.3, -0.25) is 4.79 Å². The number of amides is 1. The Bertz CT molecular complexity index is 433. The van der Waals surface area contributed by atoms with Gasteiger partial charge in [0.15, 0.2) is 5.69 Å². The van der Waals surface area contributed by atoms with Crippen molar-refractivity contribution in [3.8, 4) is 0 Å². The van der Waals surface area contributed by atoms with Gasteiger partial charge in [-0.1, -0.05) is 0 Å². The van der Waals surface area contributed by atoms with Gasteiger partial charge in [-0.25, -0.2) is 0 Å². The fourth-order valence-corrected chi connectivity index (χ4v) is 2.55. The first kappa shape index (κ1) is 14.7. The van der Waals surface area contributed by atoms with Gasteiger partial charge in [-0.15, -0.1) is 10.2 Å². The van der Waals surface area contributed by atoms with Crippen LogP contribution in [0.3, 0.4) is 0 Å². The van der Waals surface area contributed by atoms with Crippen LogP contribution in [-0.4, -0.2) is 52.4 Å². The molecular weight excluding hydrogens is 256 g/mol. The SMILES string of the molecule is CCNc1ccc(C(=O)N2CCCC(CCO)C2)nn1. The number of nitrogens with zero attached hydrogens (tertiary/aromatic N) is 3. The maximum Gasteiger partial charge on any atom is 0.274 e. The van der Waals surface area contributed by atoms with Crippen molar-refractivity contribution < 1.29 is 9.90 Å². The standard InChI is InChI=1S/C14H22N4O2/c1-2-15-13-6-5-12(16-17-13)14(20)18-8-3-4-11(10-18)7-9-19/h5-6,11,19H,2-4,7-10H2,1H3,(H,15,17). The summed E-state index contributed by atoms with van der Waals surface area (Å²) in [5, 5.41) is 20.0. The Morgan fingerprint density at radius 3 is 3.00 bits per heavy atom. The Hall–Kier alpha value is -1.69. The second-order valence-corrected chi connectivity index (χ2v) is 5.11. The van der Waals surface area contributed by atoms with Crippen molar-refractivity contribution >= 4 is 11.7 Å². The normalized spacial score (nSPS) is 18.9. The maximum atomic E-state index is 12.4. The Kier molecular flexibility index (Phi) is 5.29. The first-order valence-electron chi connectivity index (χ1n) is 7.22. The number of carbonyl (C=O) groups excluding carboxylic acids is 1. The Labute approximate surface area is 119 Å². The topological polar surface area (TPSA) is 78.4 Å². The predicted octanol–water partition coefficient (Wildman–Crippen LogP) is 1.14. The molecule has 110 valence electrons. The van der Waals surface area contributed by atoms with Crippen LogP contribution in [0.5, 0.6) is 0 Å². The zero-order chi connectivity index (χ0) is 14.4. The minimum absolute atomic E-state index is 0.0665. The van der Waals surface area contributed by atoms with Gasteiger partial charge in [0.1, 0.15) is 5.82 Å². The van der Waals surface area contributed by atoms with E-state index in [2.05, 4.69) is 15.5 Å². The van der Waals surface area contributed by atoms with Crippen molar-refractivity contribution in [2.75, 3.05) is 31.6 Å². The second kappa shape index (κ2) is 7.19. The molecular formula is C14H22N4O2. The molecule has 2 N–H and O–H groups in total. The molecule has 0 aliphatic carbocycles. The number of nitrogens with one attached hydrogen (secondary N) is 1. The van der Waals surface area contributed by atoms with Gasteiger partial charge < -0.3 is 15.3 Å². The van der Waals surface area contributed by atoms with E-state index in [1.807, 2.05) is 11.8 Å². The van der Waals surface area contributed by atoms with Crippen molar-refractivity contribution in [3.63, 3.8) is 0 Å². The molecule has 1 fully saturated rings. The summed E-state index contributed by atoms with van der Waals surface area (Å²) in [4.78, 5) is 14.2. The highest BCUT2D eigenvalue weighted by Crippen LogP contribution is 2.20. The molecule has 0 saturated carbocycles. The van der Waals surface area contributed by atoms with E-state index < -0.39 is 0 Å². The molecule has 20 heavy (non-hydrogen) atoms. The fourth-order valence-electron chi connectivity index (χ4n) is 2.55. The third kappa shape index (κ3) is 3.66. The van der Waals surface area contributed by atoms with Crippen LogP contribution < -0.4 is 5.32 Å². The van der Waals surface area contributed by atoms with Gasteiger partial charge in [0.05, 0.1) is 0 Å². The fraction of sp³-hybridized carbons (Fsp3) is 0.643. The molecule has 0 bridgehead atoms. The number of hydrogen-bond acceptors (Lipinski definition) is 5. The first-order valence-corrected chi connectivity index (χ1v) is 7.22. The largest absolute Gasteiger partial charge is 0.396 e. The molecule has 2 rings (SSSR count). The van der Waals surface area contributed by atoms with Crippen LogP contribution in [0.2, 0.25) is 0 Å². The molecule has 0 spiro atoms. The molecule has 1 saturated heterocycles. The summed E-state index contributed by atoms with van der Waals surface area (Å²) < 4.78 is 0. The molecule has 1 aromatic heterocycles. The number of likely N-dealkylation sites (tertiary alicyclic amines) is 1. The van der Waals surface area contributed by atoms with E-state index >= 15 is 0 Å². The van der Waals surface area contributed by atoms with Crippen LogP contribution in [0.4, 0.5) is 5.82 Å². The van der Waals surface area contributed by atoms with Crippen LogP contribution in [0.25, 0.3) is 0 Å². The number of aliphatic hydroxyl groups is 1. The number of aromatic nitrogens is 2. The number of hydrogen-bond donors (Lipinski definition) is 2. The summed E-state index contributed by atoms with van der Waals surface area (Å²) in [6.07, 6.45) is 2.82. The van der Waals surface area contributed by atoms with Crippen molar-refractivity contribution in [2.24, 2.45) is 5.92 Å². The summed E-state index contributed by atoms with van der Waals surface area (Å²) in [5.41, 5.74) is 0.385. The van der Waals surface area contributed by atoms with Crippen LogP contribution >= 0.6 is 0 Å². The zero-order valence-corrected chi connectivity index (χ0v) is 11.9. The average Bonchev–Trinajstić information content (AvgIpc) is 2.48. The second-order valence-electron chi connectivity index (χ2n) is 5.11. The van der Waals surface area contributed by atoms with E-state index in [0.29, 0.717) is 24.0 Å². The van der Waals surface area contributed by atoms with Crippen molar-refractivity contribution in [3.05, 3.63) is 17.8 Å². The van der Waals surface area contributed by atoms with Gasteiger partial charge in [0.25, 0.3) is 5.91 Å². The summed E-state index contributed by atoms with van der Waals surface area (Å²) >= 11 is 0. The highest BCUT2D eigenvalue weighted by molar-refractivity contribution is 5.92. The molecule has 2 heterocycles. The number of carbonyl (C=O) groups is 1. The molecule has 6 nitrogen and oxygen atoms in total. The highest BCUT2D eigenvalue weighted by atomic mass is 16.3. The van der Waals surface area contributed by atoms with E-state index in [-0.39, 0.29) is 12.5 Å². The van der Waals surface area contributed by atoms with Gasteiger partial charge in [-0.05, 0) is 44.2 Å². The molecule has 1 unspecified atom stereocenters. The quantitative estimate of drug-likeness (QED) is 0.844. The third-order valence-electron chi connectivity index (χ3n) is 3.59. The number of piperidine rings is 1. The molecule has 1 amide bonds. The lowest BCUT2D eigenvalue weighted by Crippen LogP contribution is -2.40. The lowest BCUT2D eigenvalue weighted by molar-refractivity contribution is 0.0646. The Balaban J connectivity index is 1.99. The Morgan fingerprint density at radius 1 is 1.50 bits per heavy atom. The average molecular weight is 278 g/mol. The van der Waals surface area contributed by atoms with E-state index in [9.17, 15) is 4.79 Å². The summed E-state index contributed by atoms with van der Waals surface area (Å²) in [5.74, 6) is 1.01. The maximum absolute atomic E-state index is 12.4. The van der Waals surface area contributed by atoms with Crippen LogP contribution in [0.15, 0.2) is 12.1 Å². The smallest absolute Gasteiger partial charge is 0.274 e. The molecule has 1 aliphatic rings. The molecule has 6 heteroatoms. The summed E-state index contributed by atoms with van der Waals surface area (Å²) in [6.45, 7) is 4.41. The van der Waals surface area contributed by atoms with Gasteiger partial charge in [-0.2, -0.15) is 0 Å². The van der Waals surface area contributed by atoms with Gasteiger partial charge in [0, 0.05) is 26.2 Å². The van der Waals surface area contributed by atoms with E-state index in [4.69, 9.17) is 5.11 Å². The summed E-state index contributed by atoms with van der Waals surface area (Å²) in [7, 11) is 0. The van der Waals surface area contributed by atoms with Crippen LogP contribution in [0.1, 0.15) is 36.7 Å². The molecule has 0 radical (unpaired) electrons. The minimum atomic E-state index is -0.0665. The number of rotatable bonds is 5. The molecule has 1 atom stereocenters. The lowest BCUT2D eigenvalue weighted by Gasteiger charge is -2.32. The van der Waals surface area contributed by atoms with Gasteiger partial charge >= 0.3 is 0 Å². The molecule has 0 aromatic carbocycles. The monoisotopic (exact) mass is 278 g/mol. The summed E-state index contributed by atoms with van der Waals surface area (Å²) in [6, 6.07) is 3.49. The predicted molar refractivity (Wildman–Crippen MR) is 76.5 cm³/mol. The third-order valence-corrected chi connectivity index (χ3v) is 3.59. The van der Waals surface area contributed by atoms with E-state index in [1.165, 1.54) is 0 Å². The van der Waals surface area contributed by atoms with Crippen molar-refractivity contribution in [1.82, 2.24) is 15.1 Å². The van der Waals surface area contributed by atoms with E-state index in [1.54, 1.807) is 12.1 Å². The van der Waals surface area contributed by atoms with Crippen molar-refractivity contribution in [1.29, 1.82) is 0 Å². The lowest BCUT2D eigenvalue weighted by atomic mass is 9.95. The van der Waals surface area contributed by atoms with Crippen molar-refractivity contribution in [2.45, 2.75) is 26.2 Å². The molecule has 1 aliphatic heterocycles. The number of anilines is 1. The minimum Gasteiger partial charge on any atom is -0.396 e. The van der Waals surface area contributed by atoms with Crippen LogP contribution in [-0.2, 0) is 0 Å². The zero-order valence-electron chi connectivity index (χ0n) is 11.9. The highest BCUT2D eigenvalue weighted by Gasteiger charge is 2.25. The number of aliphatic hydroxyl groups excluding tert-OH is 1. The van der Waals surface area contributed by atoms with Gasteiger partial charge in [0.2, 0.25) is 0 Å². The first-order chi connectivity index (χ1) is 9.74. The van der Waals surface area contributed by atoms with E-state index in [0.717, 1.165) is 32.4 Å². The van der Waals surface area contributed by atoms with Crippen LogP contribution in [0, 0.1) is 5.92 Å². The Morgan fingerprint density at radius 2 is 2.35 bits per heavy atom. The molecule has 1 aromatic rings.